The zero-order valence-electron chi connectivity index (χ0n) is 16.9. The molecule has 1 N–H and O–H groups in total. The van der Waals surface area contributed by atoms with Crippen LogP contribution in [0, 0.1) is 5.92 Å². The maximum Gasteiger partial charge on any atom is 0.240 e. The lowest BCUT2D eigenvalue weighted by molar-refractivity contribution is -0.131. The molecule has 8 heteroatoms. The van der Waals surface area contributed by atoms with E-state index < -0.39 is 10.0 Å². The van der Waals surface area contributed by atoms with Crippen LogP contribution >= 0.6 is 0 Å². The molecule has 0 bridgehead atoms. The van der Waals surface area contributed by atoms with E-state index in [1.807, 2.05) is 16.7 Å². The van der Waals surface area contributed by atoms with E-state index in [0.717, 1.165) is 56.4 Å². The number of nitrogens with one attached hydrogen (secondary N) is 1. The molecule has 2 fully saturated rings. The first-order valence-electron chi connectivity index (χ1n) is 10.6. The van der Waals surface area contributed by atoms with Crippen LogP contribution in [0.25, 0.3) is 0 Å². The number of amides is 2. The predicted octanol–water partition coefficient (Wildman–Crippen LogP) is 2.06. The molecule has 0 aromatic heterocycles. The lowest BCUT2D eigenvalue weighted by atomic mass is 10.1. The molecule has 7 nitrogen and oxygen atoms in total. The second-order valence-corrected chi connectivity index (χ2v) is 10.2. The number of rotatable bonds is 6. The molecule has 0 spiro atoms. The summed E-state index contributed by atoms with van der Waals surface area (Å²) in [4.78, 5) is 28.6. The summed E-state index contributed by atoms with van der Waals surface area (Å²) >= 11 is 0. The summed E-state index contributed by atoms with van der Waals surface area (Å²) in [5.74, 6) is 0.288. The molecule has 1 saturated heterocycles. The van der Waals surface area contributed by atoms with Crippen molar-refractivity contribution in [2.24, 2.45) is 5.92 Å². The van der Waals surface area contributed by atoms with Crippen LogP contribution in [-0.2, 0) is 26.0 Å². The third-order valence-electron chi connectivity index (χ3n) is 6.08. The normalized spacial score (nSPS) is 21.9. The fraction of sp³-hybridized carbons (Fsp3) is 0.619. The van der Waals surface area contributed by atoms with E-state index >= 15 is 0 Å². The van der Waals surface area contributed by atoms with Gasteiger partial charge in [-0.05, 0) is 69.2 Å². The van der Waals surface area contributed by atoms with Crippen molar-refractivity contribution in [2.75, 3.05) is 24.5 Å². The Morgan fingerprint density at radius 3 is 2.55 bits per heavy atom. The summed E-state index contributed by atoms with van der Waals surface area (Å²) in [6.07, 6.45) is 5.91. The van der Waals surface area contributed by atoms with Gasteiger partial charge in [0.15, 0.2) is 0 Å². The maximum atomic E-state index is 12.7. The molecule has 2 amide bonds. The highest BCUT2D eigenvalue weighted by Crippen LogP contribution is 2.39. The number of piperidine rings is 1. The Bertz CT molecular complexity index is 905. The van der Waals surface area contributed by atoms with Crippen molar-refractivity contribution in [3.8, 4) is 0 Å². The molecule has 4 rings (SSSR count). The quantitative estimate of drug-likeness (QED) is 0.765. The molecular formula is C21H29N3O4S. The van der Waals surface area contributed by atoms with Gasteiger partial charge in [0.2, 0.25) is 21.8 Å². The van der Waals surface area contributed by atoms with E-state index in [1.165, 1.54) is 0 Å². The summed E-state index contributed by atoms with van der Waals surface area (Å²) in [6.45, 7) is 3.63. The Morgan fingerprint density at radius 2 is 1.86 bits per heavy atom. The van der Waals surface area contributed by atoms with Gasteiger partial charge in [0, 0.05) is 43.7 Å². The van der Waals surface area contributed by atoms with Crippen molar-refractivity contribution in [1.29, 1.82) is 0 Å². The molecule has 158 valence electrons. The summed E-state index contributed by atoms with van der Waals surface area (Å²) in [5.41, 5.74) is 1.72. The Morgan fingerprint density at radius 1 is 1.14 bits per heavy atom. The number of hydrogen-bond donors (Lipinski definition) is 1. The van der Waals surface area contributed by atoms with Gasteiger partial charge in [-0.1, -0.05) is 0 Å². The number of hydrogen-bond acceptors (Lipinski definition) is 4. The van der Waals surface area contributed by atoms with Gasteiger partial charge in [0.25, 0.3) is 0 Å². The van der Waals surface area contributed by atoms with Gasteiger partial charge in [-0.3, -0.25) is 9.59 Å². The third kappa shape index (κ3) is 4.33. The second-order valence-electron chi connectivity index (χ2n) is 8.42. The van der Waals surface area contributed by atoms with E-state index in [4.69, 9.17) is 0 Å². The summed E-state index contributed by atoms with van der Waals surface area (Å²) in [7, 11) is -3.69. The summed E-state index contributed by atoms with van der Waals surface area (Å²) in [6, 6.07) is 5.01. The first kappa shape index (κ1) is 20.3. The molecule has 0 unspecified atom stereocenters. The van der Waals surface area contributed by atoms with Gasteiger partial charge in [-0.25, -0.2) is 13.1 Å². The molecule has 1 aromatic carbocycles. The minimum Gasteiger partial charge on any atom is -0.343 e. The van der Waals surface area contributed by atoms with Crippen molar-refractivity contribution in [2.45, 2.75) is 62.8 Å². The van der Waals surface area contributed by atoms with Crippen molar-refractivity contribution in [3.63, 3.8) is 0 Å². The Kier molecular flexibility index (Phi) is 5.66. The van der Waals surface area contributed by atoms with Crippen LogP contribution in [0.4, 0.5) is 5.69 Å². The fourth-order valence-corrected chi connectivity index (χ4v) is 5.40. The standard InChI is InChI=1S/C21H29N3O4S/c1-15-13-17-14-18(7-8-19(17)24(15)21(26)16-5-6-16)29(27,28)22-10-9-20(25)23-11-3-2-4-12-23/h7-8,14-16,22H,2-6,9-13H2,1H3/t15-/m1/s1. The van der Waals surface area contributed by atoms with Gasteiger partial charge in [0.05, 0.1) is 4.90 Å². The van der Waals surface area contributed by atoms with Gasteiger partial charge in [0.1, 0.15) is 0 Å². The Balaban J connectivity index is 1.39. The number of carbonyl (C=O) groups excluding carboxylic acids is 2. The topological polar surface area (TPSA) is 86.8 Å². The zero-order valence-corrected chi connectivity index (χ0v) is 17.7. The number of benzene rings is 1. The molecule has 1 atom stereocenters. The first-order valence-corrected chi connectivity index (χ1v) is 12.1. The molecular weight excluding hydrogens is 390 g/mol. The SMILES string of the molecule is C[C@@H]1Cc2cc(S(=O)(=O)NCCC(=O)N3CCCCC3)ccc2N1C(=O)C1CC1. The molecule has 3 aliphatic rings. The average molecular weight is 420 g/mol. The first-order chi connectivity index (χ1) is 13.9. The van der Waals surface area contributed by atoms with E-state index in [2.05, 4.69) is 4.72 Å². The average Bonchev–Trinajstić information content (AvgIpc) is 3.50. The van der Waals surface area contributed by atoms with E-state index in [9.17, 15) is 18.0 Å². The number of anilines is 1. The lowest BCUT2D eigenvalue weighted by Crippen LogP contribution is -2.37. The highest BCUT2D eigenvalue weighted by Gasteiger charge is 2.39. The molecule has 1 aliphatic carbocycles. The van der Waals surface area contributed by atoms with Crippen LogP contribution < -0.4 is 9.62 Å². The van der Waals surface area contributed by atoms with Crippen LogP contribution in [0.3, 0.4) is 0 Å². The fourth-order valence-electron chi connectivity index (χ4n) is 4.31. The smallest absolute Gasteiger partial charge is 0.240 e. The van der Waals surface area contributed by atoms with Gasteiger partial charge in [-0.2, -0.15) is 0 Å². The lowest BCUT2D eigenvalue weighted by Gasteiger charge is -2.26. The van der Waals surface area contributed by atoms with Gasteiger partial charge in [-0.15, -0.1) is 0 Å². The van der Waals surface area contributed by atoms with Crippen molar-refractivity contribution >= 4 is 27.5 Å². The monoisotopic (exact) mass is 419 g/mol. The van der Waals surface area contributed by atoms with Gasteiger partial charge >= 0.3 is 0 Å². The molecule has 2 heterocycles. The van der Waals surface area contributed by atoms with Crippen LogP contribution in [0.1, 0.15) is 51.0 Å². The van der Waals surface area contributed by atoms with E-state index in [0.29, 0.717) is 6.42 Å². The summed E-state index contributed by atoms with van der Waals surface area (Å²) < 4.78 is 27.9. The third-order valence-corrected chi connectivity index (χ3v) is 7.54. The van der Waals surface area contributed by atoms with Crippen LogP contribution in [0.5, 0.6) is 0 Å². The predicted molar refractivity (Wildman–Crippen MR) is 110 cm³/mol. The molecule has 1 aromatic rings. The number of fused-ring (bicyclic) bond motifs is 1. The number of nitrogens with zero attached hydrogens (tertiary/aromatic N) is 2. The highest BCUT2D eigenvalue weighted by atomic mass is 32.2. The van der Waals surface area contributed by atoms with Crippen LogP contribution in [-0.4, -0.2) is 50.8 Å². The van der Waals surface area contributed by atoms with E-state index in [-0.39, 0.29) is 41.6 Å². The maximum absolute atomic E-state index is 12.7. The molecule has 1 saturated carbocycles. The zero-order chi connectivity index (χ0) is 20.6. The highest BCUT2D eigenvalue weighted by molar-refractivity contribution is 7.89. The number of sulfonamides is 1. The van der Waals surface area contributed by atoms with Crippen LogP contribution in [0.15, 0.2) is 23.1 Å². The minimum absolute atomic E-state index is 0.00408. The molecule has 0 radical (unpaired) electrons. The minimum atomic E-state index is -3.69. The van der Waals surface area contributed by atoms with Crippen molar-refractivity contribution < 1.29 is 18.0 Å². The largest absolute Gasteiger partial charge is 0.343 e. The second kappa shape index (κ2) is 8.07. The number of carbonyl (C=O) groups is 2. The van der Waals surface area contributed by atoms with Crippen LogP contribution in [0.2, 0.25) is 0 Å². The van der Waals surface area contributed by atoms with Crippen molar-refractivity contribution in [1.82, 2.24) is 9.62 Å². The molecule has 2 aliphatic heterocycles. The Labute approximate surface area is 172 Å². The van der Waals surface area contributed by atoms with Gasteiger partial charge < -0.3 is 9.80 Å². The van der Waals surface area contributed by atoms with Crippen molar-refractivity contribution in [3.05, 3.63) is 23.8 Å². The number of likely N-dealkylation sites (tertiary alicyclic amines) is 1. The summed E-state index contributed by atoms with van der Waals surface area (Å²) in [5, 5.41) is 0. The molecule has 29 heavy (non-hydrogen) atoms. The Hall–Kier alpha value is -1.93. The van der Waals surface area contributed by atoms with E-state index in [1.54, 1.807) is 18.2 Å².